The smallest absolute Gasteiger partial charge is 0.265 e. The number of nitrogens with zero attached hydrogens (tertiary/aromatic N) is 2. The molecule has 0 bridgehead atoms. The molecule has 0 aliphatic carbocycles. The quantitative estimate of drug-likeness (QED) is 0.700. The fourth-order valence-electron chi connectivity index (χ4n) is 2.12. The van der Waals surface area contributed by atoms with Crippen molar-refractivity contribution in [3.05, 3.63) is 10.4 Å². The highest BCUT2D eigenvalue weighted by Gasteiger charge is 2.28. The van der Waals surface area contributed by atoms with Crippen LogP contribution in [0.5, 0.6) is 0 Å². The molecule has 0 unspecified atom stereocenters. The van der Waals surface area contributed by atoms with Crippen LogP contribution in [0.25, 0.3) is 0 Å². The van der Waals surface area contributed by atoms with Crippen molar-refractivity contribution < 1.29 is 9.59 Å². The number of thiophene rings is 1. The van der Waals surface area contributed by atoms with Gasteiger partial charge < -0.3 is 26.6 Å². The van der Waals surface area contributed by atoms with Crippen LogP contribution in [0.15, 0.2) is 0 Å². The van der Waals surface area contributed by atoms with Crippen LogP contribution >= 0.6 is 11.3 Å². The van der Waals surface area contributed by atoms with Crippen LogP contribution in [-0.4, -0.2) is 57.0 Å². The van der Waals surface area contributed by atoms with E-state index >= 15 is 0 Å². The van der Waals surface area contributed by atoms with Crippen LogP contribution in [0, 0.1) is 0 Å². The van der Waals surface area contributed by atoms with Gasteiger partial charge in [0.25, 0.3) is 11.8 Å². The first-order valence-corrected chi connectivity index (χ1v) is 7.14. The molecule has 0 aromatic carbocycles. The molecule has 110 valence electrons. The van der Waals surface area contributed by atoms with E-state index in [1.807, 2.05) is 4.90 Å². The van der Waals surface area contributed by atoms with Gasteiger partial charge in [-0.25, -0.2) is 0 Å². The molecule has 1 saturated heterocycles. The maximum absolute atomic E-state index is 12.1. The van der Waals surface area contributed by atoms with E-state index in [0.717, 1.165) is 26.2 Å². The largest absolute Gasteiger partial charge is 0.397 e. The summed E-state index contributed by atoms with van der Waals surface area (Å²) in [6, 6.07) is 0. The van der Waals surface area contributed by atoms with Crippen LogP contribution < -0.4 is 21.7 Å². The molecule has 1 aliphatic rings. The molecule has 1 aliphatic heterocycles. The molecule has 1 aromatic rings. The van der Waals surface area contributed by atoms with E-state index < -0.39 is 5.91 Å². The van der Waals surface area contributed by atoms with Crippen molar-refractivity contribution in [2.75, 3.05) is 50.9 Å². The van der Waals surface area contributed by atoms with Gasteiger partial charge in [0.2, 0.25) is 0 Å². The van der Waals surface area contributed by atoms with E-state index in [1.165, 1.54) is 16.2 Å². The zero-order valence-electron chi connectivity index (χ0n) is 11.6. The highest BCUT2D eigenvalue weighted by Crippen LogP contribution is 2.38. The lowest BCUT2D eigenvalue weighted by Crippen LogP contribution is -2.43. The Morgan fingerprint density at radius 3 is 2.40 bits per heavy atom. The fourth-order valence-corrected chi connectivity index (χ4v) is 3.42. The van der Waals surface area contributed by atoms with Gasteiger partial charge in [-0.3, -0.25) is 9.59 Å². The first-order chi connectivity index (χ1) is 9.43. The molecule has 20 heavy (non-hydrogen) atoms. The van der Waals surface area contributed by atoms with Crippen LogP contribution in [0.4, 0.5) is 10.7 Å². The van der Waals surface area contributed by atoms with Crippen LogP contribution in [-0.2, 0) is 0 Å². The lowest BCUT2D eigenvalue weighted by Gasteiger charge is -2.28. The zero-order valence-corrected chi connectivity index (χ0v) is 12.4. The number of nitrogens with two attached hydrogens (primary N) is 2. The summed E-state index contributed by atoms with van der Waals surface area (Å²) in [6.45, 7) is 3.17. The maximum atomic E-state index is 12.1. The Morgan fingerprint density at radius 1 is 1.30 bits per heavy atom. The standard InChI is InChI=1S/C12H19N5O2S/c1-16(2)11(19)9-8(13)7(10(14)18)12(20-9)17-5-3-15-4-6-17/h15H,3-6,13H2,1-2H3,(H2,14,18). The summed E-state index contributed by atoms with van der Waals surface area (Å²) in [5.74, 6) is -0.804. The van der Waals surface area contributed by atoms with Crippen molar-refractivity contribution in [2.45, 2.75) is 0 Å². The number of carbonyl (C=O) groups is 2. The number of amides is 2. The summed E-state index contributed by atoms with van der Waals surface area (Å²) in [5.41, 5.74) is 11.9. The van der Waals surface area contributed by atoms with Gasteiger partial charge in [-0.05, 0) is 0 Å². The summed E-state index contributed by atoms with van der Waals surface area (Å²) < 4.78 is 0. The highest BCUT2D eigenvalue weighted by atomic mass is 32.1. The van der Waals surface area contributed by atoms with Crippen molar-refractivity contribution in [1.82, 2.24) is 10.2 Å². The number of piperazine rings is 1. The molecule has 7 nitrogen and oxygen atoms in total. The van der Waals surface area contributed by atoms with E-state index in [9.17, 15) is 9.59 Å². The van der Waals surface area contributed by atoms with Crippen molar-refractivity contribution in [1.29, 1.82) is 0 Å². The molecule has 0 radical (unpaired) electrons. The number of nitrogen functional groups attached to an aromatic ring is 1. The number of hydrogen-bond acceptors (Lipinski definition) is 6. The van der Waals surface area contributed by atoms with E-state index in [1.54, 1.807) is 14.1 Å². The van der Waals surface area contributed by atoms with Gasteiger partial charge in [0.05, 0.1) is 11.3 Å². The predicted molar refractivity (Wildman–Crippen MR) is 80.3 cm³/mol. The highest BCUT2D eigenvalue weighted by molar-refractivity contribution is 7.19. The van der Waals surface area contributed by atoms with E-state index in [2.05, 4.69) is 5.32 Å². The van der Waals surface area contributed by atoms with Gasteiger partial charge in [0, 0.05) is 40.3 Å². The Hall–Kier alpha value is -1.80. The Labute approximate surface area is 121 Å². The third-order valence-corrected chi connectivity index (χ3v) is 4.43. The minimum Gasteiger partial charge on any atom is -0.397 e. The Kier molecular flexibility index (Phi) is 4.15. The van der Waals surface area contributed by atoms with Crippen molar-refractivity contribution in [2.24, 2.45) is 5.73 Å². The second-order valence-corrected chi connectivity index (χ2v) is 5.82. The molecule has 2 heterocycles. The molecule has 1 aromatic heterocycles. The summed E-state index contributed by atoms with van der Waals surface area (Å²) in [5, 5.41) is 3.93. The summed E-state index contributed by atoms with van der Waals surface area (Å²) >= 11 is 1.24. The molecular weight excluding hydrogens is 278 g/mol. The number of hydrogen-bond donors (Lipinski definition) is 3. The predicted octanol–water partition coefficient (Wildman–Crippen LogP) is -0.459. The minimum atomic E-state index is -0.593. The molecule has 1 fully saturated rings. The third kappa shape index (κ3) is 2.56. The SMILES string of the molecule is CN(C)C(=O)c1sc(N2CCNCC2)c(C(N)=O)c1N. The van der Waals surface area contributed by atoms with Crippen LogP contribution in [0.1, 0.15) is 20.0 Å². The maximum Gasteiger partial charge on any atom is 0.265 e. The molecule has 0 spiro atoms. The summed E-state index contributed by atoms with van der Waals surface area (Å²) in [6.07, 6.45) is 0. The van der Waals surface area contributed by atoms with Gasteiger partial charge in [0.1, 0.15) is 9.88 Å². The normalized spacial score (nSPS) is 15.2. The number of anilines is 2. The summed E-state index contributed by atoms with van der Waals surface area (Å²) in [7, 11) is 3.30. The molecule has 5 N–H and O–H groups in total. The Bertz CT molecular complexity index is 534. The number of rotatable bonds is 3. The van der Waals surface area contributed by atoms with Crippen molar-refractivity contribution >= 4 is 33.8 Å². The van der Waals surface area contributed by atoms with Gasteiger partial charge in [-0.2, -0.15) is 0 Å². The average molecular weight is 297 g/mol. The van der Waals surface area contributed by atoms with Gasteiger partial charge in [-0.1, -0.05) is 0 Å². The number of primary amides is 1. The Morgan fingerprint density at radius 2 is 1.90 bits per heavy atom. The second-order valence-electron chi connectivity index (χ2n) is 4.83. The van der Waals surface area contributed by atoms with Gasteiger partial charge in [-0.15, -0.1) is 11.3 Å². The first-order valence-electron chi connectivity index (χ1n) is 6.33. The fraction of sp³-hybridized carbons (Fsp3) is 0.500. The zero-order chi connectivity index (χ0) is 14.9. The lowest BCUT2D eigenvalue weighted by atomic mass is 10.2. The Balaban J connectivity index is 2.47. The average Bonchev–Trinajstić information content (AvgIpc) is 2.76. The molecule has 0 saturated carbocycles. The molecule has 2 rings (SSSR count). The third-order valence-electron chi connectivity index (χ3n) is 3.18. The van der Waals surface area contributed by atoms with Crippen molar-refractivity contribution in [3.8, 4) is 0 Å². The molecule has 8 heteroatoms. The van der Waals surface area contributed by atoms with Gasteiger partial charge in [0.15, 0.2) is 0 Å². The topological polar surface area (TPSA) is 105 Å². The second kappa shape index (κ2) is 5.68. The summed E-state index contributed by atoms with van der Waals surface area (Å²) in [4.78, 5) is 27.6. The number of nitrogens with one attached hydrogen (secondary N) is 1. The van der Waals surface area contributed by atoms with Gasteiger partial charge >= 0.3 is 0 Å². The van der Waals surface area contributed by atoms with Crippen LogP contribution in [0.3, 0.4) is 0 Å². The monoisotopic (exact) mass is 297 g/mol. The van der Waals surface area contributed by atoms with E-state index in [-0.39, 0.29) is 17.2 Å². The van der Waals surface area contributed by atoms with E-state index in [4.69, 9.17) is 11.5 Å². The van der Waals surface area contributed by atoms with Crippen molar-refractivity contribution in [3.63, 3.8) is 0 Å². The first kappa shape index (κ1) is 14.6. The minimum absolute atomic E-state index is 0.190. The molecular formula is C12H19N5O2S. The van der Waals surface area contributed by atoms with E-state index in [0.29, 0.717) is 9.88 Å². The van der Waals surface area contributed by atoms with Crippen LogP contribution in [0.2, 0.25) is 0 Å². The molecule has 0 atom stereocenters. The molecule has 2 amide bonds. The lowest BCUT2D eigenvalue weighted by molar-refractivity contribution is 0.0833. The number of carbonyl (C=O) groups excluding carboxylic acids is 2.